The summed E-state index contributed by atoms with van der Waals surface area (Å²) in [4.78, 5) is 16.6. The SMILES string of the molecule is CCCOCCN1CCN(C(=O)[C@H]2CNCCO2)CC1. The van der Waals surface area contributed by atoms with Crippen molar-refractivity contribution in [2.24, 2.45) is 0 Å². The molecule has 0 bridgehead atoms. The molecule has 116 valence electrons. The lowest BCUT2D eigenvalue weighted by Gasteiger charge is -2.37. The largest absolute Gasteiger partial charge is 0.380 e. The molecule has 6 heteroatoms. The molecule has 2 saturated heterocycles. The van der Waals surface area contributed by atoms with Crippen LogP contribution in [-0.4, -0.2) is 87.4 Å². The fourth-order valence-electron chi connectivity index (χ4n) is 2.56. The predicted molar refractivity (Wildman–Crippen MR) is 76.7 cm³/mol. The Morgan fingerprint density at radius 3 is 2.75 bits per heavy atom. The third-order valence-electron chi connectivity index (χ3n) is 3.79. The lowest BCUT2D eigenvalue weighted by atomic mass is 10.2. The molecule has 0 aromatic heterocycles. The Kier molecular flexibility index (Phi) is 6.72. The van der Waals surface area contributed by atoms with E-state index in [1.807, 2.05) is 4.90 Å². The van der Waals surface area contributed by atoms with Crippen molar-refractivity contribution in [3.63, 3.8) is 0 Å². The minimum absolute atomic E-state index is 0.138. The van der Waals surface area contributed by atoms with Gasteiger partial charge in [-0.2, -0.15) is 0 Å². The fraction of sp³-hybridized carbons (Fsp3) is 0.929. The summed E-state index contributed by atoms with van der Waals surface area (Å²) in [6.45, 7) is 10.3. The summed E-state index contributed by atoms with van der Waals surface area (Å²) in [5.74, 6) is 0.138. The number of carbonyl (C=O) groups excluding carboxylic acids is 1. The smallest absolute Gasteiger partial charge is 0.253 e. The van der Waals surface area contributed by atoms with Gasteiger partial charge in [0.1, 0.15) is 6.10 Å². The van der Waals surface area contributed by atoms with Crippen LogP contribution in [0.5, 0.6) is 0 Å². The van der Waals surface area contributed by atoms with Gasteiger partial charge in [-0.15, -0.1) is 0 Å². The van der Waals surface area contributed by atoms with Gasteiger partial charge < -0.3 is 19.7 Å². The normalized spacial score (nSPS) is 24.9. The summed E-state index contributed by atoms with van der Waals surface area (Å²) in [5, 5.41) is 3.20. The number of nitrogens with one attached hydrogen (secondary N) is 1. The van der Waals surface area contributed by atoms with Crippen molar-refractivity contribution >= 4 is 5.91 Å². The minimum atomic E-state index is -0.289. The summed E-state index contributed by atoms with van der Waals surface area (Å²) in [6.07, 6.45) is 0.778. The molecule has 2 fully saturated rings. The van der Waals surface area contributed by atoms with Gasteiger partial charge in [-0.05, 0) is 6.42 Å². The van der Waals surface area contributed by atoms with Crippen LogP contribution in [0.15, 0.2) is 0 Å². The van der Waals surface area contributed by atoms with Crippen LogP contribution in [0.1, 0.15) is 13.3 Å². The van der Waals surface area contributed by atoms with Gasteiger partial charge in [-0.1, -0.05) is 6.92 Å². The van der Waals surface area contributed by atoms with Crippen LogP contribution in [0.2, 0.25) is 0 Å². The van der Waals surface area contributed by atoms with E-state index in [0.29, 0.717) is 13.2 Å². The van der Waals surface area contributed by atoms with E-state index >= 15 is 0 Å². The van der Waals surface area contributed by atoms with Gasteiger partial charge in [0.15, 0.2) is 0 Å². The molecule has 1 N–H and O–H groups in total. The summed E-state index contributed by atoms with van der Waals surface area (Å²) in [7, 11) is 0. The van der Waals surface area contributed by atoms with Gasteiger partial charge in [0, 0.05) is 52.4 Å². The van der Waals surface area contributed by atoms with Gasteiger partial charge in [0.25, 0.3) is 5.91 Å². The van der Waals surface area contributed by atoms with E-state index in [4.69, 9.17) is 9.47 Å². The Balaban J connectivity index is 1.64. The zero-order valence-electron chi connectivity index (χ0n) is 12.5. The molecular weight excluding hydrogens is 258 g/mol. The summed E-state index contributed by atoms with van der Waals surface area (Å²) in [6, 6.07) is 0. The first-order valence-electron chi connectivity index (χ1n) is 7.72. The molecule has 0 aromatic rings. The number of nitrogens with zero attached hydrogens (tertiary/aromatic N) is 2. The van der Waals surface area contributed by atoms with Crippen molar-refractivity contribution in [1.82, 2.24) is 15.1 Å². The number of rotatable bonds is 6. The molecule has 1 atom stereocenters. The average molecular weight is 285 g/mol. The molecule has 0 aromatic carbocycles. The Morgan fingerprint density at radius 1 is 1.30 bits per heavy atom. The molecular formula is C14H27N3O3. The number of piperazine rings is 1. The highest BCUT2D eigenvalue weighted by Gasteiger charge is 2.29. The third kappa shape index (κ3) is 4.70. The van der Waals surface area contributed by atoms with Crippen LogP contribution >= 0.6 is 0 Å². The van der Waals surface area contributed by atoms with E-state index in [9.17, 15) is 4.79 Å². The highest BCUT2D eigenvalue weighted by atomic mass is 16.5. The number of hydrogen-bond acceptors (Lipinski definition) is 5. The van der Waals surface area contributed by atoms with Crippen molar-refractivity contribution in [2.45, 2.75) is 19.4 Å². The molecule has 0 spiro atoms. The van der Waals surface area contributed by atoms with Gasteiger partial charge in [0.2, 0.25) is 0 Å². The highest BCUT2D eigenvalue weighted by molar-refractivity contribution is 5.81. The van der Waals surface area contributed by atoms with Crippen LogP contribution in [-0.2, 0) is 14.3 Å². The van der Waals surface area contributed by atoms with Crippen LogP contribution in [0.3, 0.4) is 0 Å². The van der Waals surface area contributed by atoms with Gasteiger partial charge in [-0.25, -0.2) is 0 Å². The van der Waals surface area contributed by atoms with Crippen LogP contribution < -0.4 is 5.32 Å². The van der Waals surface area contributed by atoms with E-state index in [-0.39, 0.29) is 12.0 Å². The first kappa shape index (κ1) is 15.7. The molecule has 0 unspecified atom stereocenters. The summed E-state index contributed by atoms with van der Waals surface area (Å²) < 4.78 is 11.0. The van der Waals surface area contributed by atoms with Crippen molar-refractivity contribution in [1.29, 1.82) is 0 Å². The molecule has 2 aliphatic heterocycles. The van der Waals surface area contributed by atoms with Crippen LogP contribution in [0.4, 0.5) is 0 Å². The van der Waals surface area contributed by atoms with Crippen molar-refractivity contribution in [3.8, 4) is 0 Å². The second-order valence-corrected chi connectivity index (χ2v) is 5.34. The van der Waals surface area contributed by atoms with E-state index in [1.165, 1.54) is 0 Å². The fourth-order valence-corrected chi connectivity index (χ4v) is 2.56. The second-order valence-electron chi connectivity index (χ2n) is 5.34. The average Bonchev–Trinajstić information content (AvgIpc) is 2.52. The Morgan fingerprint density at radius 2 is 2.10 bits per heavy atom. The molecule has 6 nitrogen and oxygen atoms in total. The lowest BCUT2D eigenvalue weighted by molar-refractivity contribution is -0.147. The van der Waals surface area contributed by atoms with E-state index < -0.39 is 0 Å². The molecule has 2 rings (SSSR count). The van der Waals surface area contributed by atoms with E-state index in [2.05, 4.69) is 17.1 Å². The topological polar surface area (TPSA) is 54.0 Å². The number of carbonyl (C=O) groups is 1. The molecule has 0 aliphatic carbocycles. The molecule has 2 heterocycles. The number of ether oxygens (including phenoxy) is 2. The number of amides is 1. The standard InChI is InChI=1S/C14H27N3O3/c1-2-9-19-11-8-16-4-6-17(7-5-16)14(18)13-12-15-3-10-20-13/h13,15H,2-12H2,1H3/t13-/m1/s1. The van der Waals surface area contributed by atoms with Gasteiger partial charge in [0.05, 0.1) is 13.2 Å². The maximum atomic E-state index is 12.3. The Hall–Kier alpha value is -0.690. The first-order chi connectivity index (χ1) is 9.81. The predicted octanol–water partition coefficient (Wildman–Crippen LogP) is -0.454. The summed E-state index contributed by atoms with van der Waals surface area (Å²) >= 11 is 0. The highest BCUT2D eigenvalue weighted by Crippen LogP contribution is 2.07. The van der Waals surface area contributed by atoms with Crippen molar-refractivity contribution in [3.05, 3.63) is 0 Å². The molecule has 2 aliphatic rings. The quantitative estimate of drug-likeness (QED) is 0.670. The van der Waals surface area contributed by atoms with E-state index in [0.717, 1.165) is 58.9 Å². The van der Waals surface area contributed by atoms with Crippen LogP contribution in [0, 0.1) is 0 Å². The second kappa shape index (κ2) is 8.56. The maximum Gasteiger partial charge on any atom is 0.253 e. The lowest BCUT2D eigenvalue weighted by Crippen LogP contribution is -2.55. The first-order valence-corrected chi connectivity index (χ1v) is 7.72. The third-order valence-corrected chi connectivity index (χ3v) is 3.79. The molecule has 20 heavy (non-hydrogen) atoms. The zero-order valence-corrected chi connectivity index (χ0v) is 12.5. The van der Waals surface area contributed by atoms with E-state index in [1.54, 1.807) is 0 Å². The summed E-state index contributed by atoms with van der Waals surface area (Å²) in [5.41, 5.74) is 0. The molecule has 1 amide bonds. The van der Waals surface area contributed by atoms with Gasteiger partial charge >= 0.3 is 0 Å². The van der Waals surface area contributed by atoms with Gasteiger partial charge in [-0.3, -0.25) is 9.69 Å². The monoisotopic (exact) mass is 285 g/mol. The Labute approximate surface area is 121 Å². The van der Waals surface area contributed by atoms with Crippen molar-refractivity contribution in [2.75, 3.05) is 65.6 Å². The van der Waals surface area contributed by atoms with Crippen LogP contribution in [0.25, 0.3) is 0 Å². The minimum Gasteiger partial charge on any atom is -0.380 e. The zero-order chi connectivity index (χ0) is 14.2. The Bertz CT molecular complexity index is 287. The molecule has 0 saturated carbocycles. The number of hydrogen-bond donors (Lipinski definition) is 1. The maximum absolute atomic E-state index is 12.3. The molecule has 0 radical (unpaired) electrons. The number of morpholine rings is 1. The van der Waals surface area contributed by atoms with Crippen molar-refractivity contribution < 1.29 is 14.3 Å².